The van der Waals surface area contributed by atoms with Gasteiger partial charge >= 0.3 is 6.36 Å². The third-order valence-corrected chi connectivity index (χ3v) is 2.51. The molecule has 1 aromatic carbocycles. The number of benzene rings is 1. The highest BCUT2D eigenvalue weighted by Crippen LogP contribution is 2.28. The van der Waals surface area contributed by atoms with Crippen LogP contribution in [0, 0.1) is 0 Å². The SMILES string of the molecule is Nc1ccc(CO)nc1-c1ccc(OC(F)(F)F)cc1. The molecule has 3 N–H and O–H groups in total. The Hall–Kier alpha value is -2.28. The summed E-state index contributed by atoms with van der Waals surface area (Å²) in [6, 6.07) is 8.33. The average Bonchev–Trinajstić information content (AvgIpc) is 2.39. The van der Waals surface area contributed by atoms with Gasteiger partial charge in [-0.1, -0.05) is 0 Å². The van der Waals surface area contributed by atoms with Crippen LogP contribution in [0.2, 0.25) is 0 Å². The molecule has 1 aromatic heterocycles. The summed E-state index contributed by atoms with van der Waals surface area (Å²) in [5.41, 5.74) is 7.48. The topological polar surface area (TPSA) is 68.4 Å². The number of hydrogen-bond donors (Lipinski definition) is 2. The van der Waals surface area contributed by atoms with Crippen molar-refractivity contribution in [1.82, 2.24) is 4.98 Å². The lowest BCUT2D eigenvalue weighted by Crippen LogP contribution is -2.16. The van der Waals surface area contributed by atoms with Gasteiger partial charge in [0.15, 0.2) is 0 Å². The fourth-order valence-corrected chi connectivity index (χ4v) is 1.64. The Morgan fingerprint density at radius 1 is 1.10 bits per heavy atom. The molecule has 0 saturated carbocycles. The van der Waals surface area contributed by atoms with Gasteiger partial charge in [0, 0.05) is 5.56 Å². The Kier molecular flexibility index (Phi) is 3.80. The Labute approximate surface area is 112 Å². The van der Waals surface area contributed by atoms with E-state index < -0.39 is 6.36 Å². The van der Waals surface area contributed by atoms with Crippen LogP contribution in [0.4, 0.5) is 18.9 Å². The molecule has 2 rings (SSSR count). The number of anilines is 1. The van der Waals surface area contributed by atoms with E-state index in [1.807, 2.05) is 0 Å². The monoisotopic (exact) mass is 284 g/mol. The molecular formula is C13H11F3N2O2. The van der Waals surface area contributed by atoms with Gasteiger partial charge in [0.25, 0.3) is 0 Å². The van der Waals surface area contributed by atoms with Crippen LogP contribution in [0.3, 0.4) is 0 Å². The van der Waals surface area contributed by atoms with Crippen LogP contribution < -0.4 is 10.5 Å². The standard InChI is InChI=1S/C13H11F3N2O2/c14-13(15,16)20-10-4-1-8(2-5-10)12-11(17)6-3-9(7-19)18-12/h1-6,19H,7,17H2. The Bertz CT molecular complexity index is 598. The van der Waals surface area contributed by atoms with Crippen LogP contribution in [0.5, 0.6) is 5.75 Å². The van der Waals surface area contributed by atoms with Crippen LogP contribution in [0.25, 0.3) is 11.3 Å². The summed E-state index contributed by atoms with van der Waals surface area (Å²) >= 11 is 0. The van der Waals surface area contributed by atoms with E-state index in [1.165, 1.54) is 24.3 Å². The van der Waals surface area contributed by atoms with Crippen molar-refractivity contribution in [2.45, 2.75) is 13.0 Å². The molecule has 0 radical (unpaired) electrons. The maximum absolute atomic E-state index is 12.0. The molecule has 0 aliphatic rings. The Morgan fingerprint density at radius 3 is 2.30 bits per heavy atom. The first-order valence-electron chi connectivity index (χ1n) is 5.61. The van der Waals surface area contributed by atoms with Crippen molar-refractivity contribution in [1.29, 1.82) is 0 Å². The fraction of sp³-hybridized carbons (Fsp3) is 0.154. The maximum atomic E-state index is 12.0. The third kappa shape index (κ3) is 3.39. The minimum atomic E-state index is -4.73. The highest BCUT2D eigenvalue weighted by Gasteiger charge is 2.30. The van der Waals surface area contributed by atoms with Gasteiger partial charge < -0.3 is 15.6 Å². The normalized spacial score (nSPS) is 11.4. The number of aromatic nitrogens is 1. The zero-order valence-corrected chi connectivity index (χ0v) is 10.2. The summed E-state index contributed by atoms with van der Waals surface area (Å²) in [5, 5.41) is 9.02. The van der Waals surface area contributed by atoms with Crippen molar-refractivity contribution in [3.63, 3.8) is 0 Å². The molecule has 0 spiro atoms. The van der Waals surface area contributed by atoms with Gasteiger partial charge in [-0.05, 0) is 36.4 Å². The van der Waals surface area contributed by atoms with E-state index in [9.17, 15) is 13.2 Å². The molecule has 0 amide bonds. The predicted octanol–water partition coefficient (Wildman–Crippen LogP) is 2.72. The van der Waals surface area contributed by atoms with E-state index in [0.717, 1.165) is 0 Å². The van der Waals surface area contributed by atoms with Gasteiger partial charge in [0.1, 0.15) is 5.75 Å². The van der Waals surface area contributed by atoms with Crippen molar-refractivity contribution < 1.29 is 23.0 Å². The molecule has 7 heteroatoms. The molecule has 20 heavy (non-hydrogen) atoms. The van der Waals surface area contributed by atoms with Gasteiger partial charge in [0.05, 0.1) is 23.7 Å². The minimum Gasteiger partial charge on any atom is -0.406 e. The molecule has 0 unspecified atom stereocenters. The van der Waals surface area contributed by atoms with E-state index >= 15 is 0 Å². The van der Waals surface area contributed by atoms with Gasteiger partial charge in [-0.2, -0.15) is 0 Å². The molecule has 0 atom stereocenters. The van der Waals surface area contributed by atoms with Crippen LogP contribution in [-0.2, 0) is 6.61 Å². The summed E-state index contributed by atoms with van der Waals surface area (Å²) < 4.78 is 39.9. The first-order valence-corrected chi connectivity index (χ1v) is 5.61. The number of aliphatic hydroxyl groups excluding tert-OH is 1. The van der Waals surface area contributed by atoms with Crippen LogP contribution in [0.1, 0.15) is 5.69 Å². The van der Waals surface area contributed by atoms with Crippen LogP contribution in [0.15, 0.2) is 36.4 Å². The smallest absolute Gasteiger partial charge is 0.406 e. The Balaban J connectivity index is 2.30. The molecule has 0 saturated heterocycles. The lowest BCUT2D eigenvalue weighted by molar-refractivity contribution is -0.274. The minimum absolute atomic E-state index is 0.247. The molecule has 2 aromatic rings. The Morgan fingerprint density at radius 2 is 1.75 bits per heavy atom. The number of nitrogen functional groups attached to an aromatic ring is 1. The van der Waals surface area contributed by atoms with Gasteiger partial charge in [-0.3, -0.25) is 0 Å². The van der Waals surface area contributed by atoms with Crippen molar-refractivity contribution in [2.24, 2.45) is 0 Å². The molecule has 0 fully saturated rings. The van der Waals surface area contributed by atoms with Crippen molar-refractivity contribution in [2.75, 3.05) is 5.73 Å². The summed E-state index contributed by atoms with van der Waals surface area (Å²) in [6.07, 6.45) is -4.73. The first-order chi connectivity index (χ1) is 9.39. The third-order valence-electron chi connectivity index (χ3n) is 2.51. The van der Waals surface area contributed by atoms with Crippen LogP contribution >= 0.6 is 0 Å². The number of nitrogens with zero attached hydrogens (tertiary/aromatic N) is 1. The highest BCUT2D eigenvalue weighted by atomic mass is 19.4. The van der Waals surface area contributed by atoms with E-state index in [-0.39, 0.29) is 12.4 Å². The molecule has 0 bridgehead atoms. The number of aliphatic hydroxyl groups is 1. The van der Waals surface area contributed by atoms with E-state index in [1.54, 1.807) is 12.1 Å². The zero-order chi connectivity index (χ0) is 14.8. The van der Waals surface area contributed by atoms with Crippen molar-refractivity contribution >= 4 is 5.69 Å². The maximum Gasteiger partial charge on any atom is 0.573 e. The molecule has 4 nitrogen and oxygen atoms in total. The van der Waals surface area contributed by atoms with Gasteiger partial charge in [0.2, 0.25) is 0 Å². The van der Waals surface area contributed by atoms with E-state index in [4.69, 9.17) is 10.8 Å². The number of rotatable bonds is 3. The fourth-order valence-electron chi connectivity index (χ4n) is 1.64. The molecular weight excluding hydrogens is 273 g/mol. The lowest BCUT2D eigenvalue weighted by Gasteiger charge is -2.10. The molecule has 0 aliphatic heterocycles. The van der Waals surface area contributed by atoms with Crippen molar-refractivity contribution in [3.05, 3.63) is 42.1 Å². The summed E-state index contributed by atoms with van der Waals surface area (Å²) in [7, 11) is 0. The largest absolute Gasteiger partial charge is 0.573 e. The number of nitrogens with two attached hydrogens (primary N) is 1. The second-order valence-electron chi connectivity index (χ2n) is 3.97. The highest BCUT2D eigenvalue weighted by molar-refractivity contribution is 5.72. The lowest BCUT2D eigenvalue weighted by atomic mass is 10.1. The number of halogens is 3. The summed E-state index contributed by atoms with van der Waals surface area (Å²) in [4.78, 5) is 4.13. The van der Waals surface area contributed by atoms with Gasteiger partial charge in [-0.25, -0.2) is 4.98 Å². The summed E-state index contributed by atoms with van der Waals surface area (Å²) in [5.74, 6) is -0.321. The quantitative estimate of drug-likeness (QED) is 0.909. The number of ether oxygens (including phenoxy) is 1. The second-order valence-corrected chi connectivity index (χ2v) is 3.97. The molecule has 1 heterocycles. The van der Waals surface area contributed by atoms with Crippen molar-refractivity contribution in [3.8, 4) is 17.0 Å². The molecule has 106 valence electrons. The average molecular weight is 284 g/mol. The number of alkyl halides is 3. The van der Waals surface area contributed by atoms with E-state index in [2.05, 4.69) is 9.72 Å². The predicted molar refractivity (Wildman–Crippen MR) is 66.7 cm³/mol. The summed E-state index contributed by atoms with van der Waals surface area (Å²) in [6.45, 7) is -0.247. The van der Waals surface area contributed by atoms with Gasteiger partial charge in [-0.15, -0.1) is 13.2 Å². The first kappa shape index (κ1) is 14.1. The number of hydrogen-bond acceptors (Lipinski definition) is 4. The molecule has 0 aliphatic carbocycles. The van der Waals surface area contributed by atoms with Crippen LogP contribution in [-0.4, -0.2) is 16.5 Å². The van der Waals surface area contributed by atoms with E-state index in [0.29, 0.717) is 22.6 Å². The number of pyridine rings is 1. The second kappa shape index (κ2) is 5.38. The zero-order valence-electron chi connectivity index (χ0n) is 10.2.